The second-order valence-corrected chi connectivity index (χ2v) is 7.23. The van der Waals surface area contributed by atoms with Crippen molar-refractivity contribution in [3.05, 3.63) is 59.3 Å². The number of para-hydroxylation sites is 1. The van der Waals surface area contributed by atoms with Gasteiger partial charge in [0, 0.05) is 27.5 Å². The molecule has 1 N–H and O–H groups in total. The Labute approximate surface area is 166 Å². The molecule has 0 bridgehead atoms. The van der Waals surface area contributed by atoms with E-state index in [4.69, 9.17) is 20.8 Å². The minimum Gasteiger partial charge on any atom is -0.460 e. The molecule has 2 aromatic carbocycles. The number of rotatable bonds is 7. The number of anilines is 1. The molecule has 0 aliphatic rings. The number of nitrogens with one attached hydrogen (secondary N) is 1. The number of halogens is 1. The number of hydrogen-bond donors (Lipinski definition) is 1. The SMILES string of the molecule is CCOC(=O)c1oc2ccccc2c1NC(=O)CCSc1ccc(Cl)cc1. The largest absolute Gasteiger partial charge is 0.460 e. The molecule has 0 spiro atoms. The first-order chi connectivity index (χ1) is 13.1. The zero-order chi connectivity index (χ0) is 19.2. The molecule has 1 heterocycles. The van der Waals surface area contributed by atoms with Gasteiger partial charge < -0.3 is 14.5 Å². The molecule has 0 unspecified atom stereocenters. The fourth-order valence-electron chi connectivity index (χ4n) is 2.50. The van der Waals surface area contributed by atoms with Crippen molar-refractivity contribution in [1.29, 1.82) is 0 Å². The van der Waals surface area contributed by atoms with Gasteiger partial charge in [-0.1, -0.05) is 23.7 Å². The van der Waals surface area contributed by atoms with E-state index in [0.717, 1.165) is 4.90 Å². The molecule has 0 aliphatic carbocycles. The van der Waals surface area contributed by atoms with Gasteiger partial charge in [-0.25, -0.2) is 4.79 Å². The summed E-state index contributed by atoms with van der Waals surface area (Å²) in [6.45, 7) is 1.94. The number of ether oxygens (including phenoxy) is 1. The minimum atomic E-state index is -0.598. The maximum atomic E-state index is 12.4. The Kier molecular flexibility index (Phi) is 6.42. The topological polar surface area (TPSA) is 68.5 Å². The predicted octanol–water partition coefficient (Wildman–Crippen LogP) is 5.38. The molecule has 0 atom stereocenters. The third-order valence-corrected chi connectivity index (χ3v) is 5.00. The van der Waals surface area contributed by atoms with E-state index in [1.54, 1.807) is 36.9 Å². The van der Waals surface area contributed by atoms with Crippen molar-refractivity contribution in [3.63, 3.8) is 0 Å². The second kappa shape index (κ2) is 8.97. The average molecular weight is 404 g/mol. The molecular weight excluding hydrogens is 386 g/mol. The van der Waals surface area contributed by atoms with Crippen LogP contribution in [0, 0.1) is 0 Å². The lowest BCUT2D eigenvalue weighted by Crippen LogP contribution is -2.15. The molecule has 3 aromatic rings. The van der Waals surface area contributed by atoms with Crippen LogP contribution in [0.4, 0.5) is 5.69 Å². The van der Waals surface area contributed by atoms with E-state index in [1.165, 1.54) is 0 Å². The van der Waals surface area contributed by atoms with Gasteiger partial charge in [0.2, 0.25) is 11.7 Å². The Morgan fingerprint density at radius 2 is 1.89 bits per heavy atom. The number of amides is 1. The van der Waals surface area contributed by atoms with Crippen LogP contribution in [0.2, 0.25) is 5.02 Å². The molecule has 140 valence electrons. The molecule has 0 saturated heterocycles. The molecule has 27 heavy (non-hydrogen) atoms. The van der Waals surface area contributed by atoms with Crippen LogP contribution < -0.4 is 5.32 Å². The van der Waals surface area contributed by atoms with Gasteiger partial charge in [0.1, 0.15) is 11.3 Å². The summed E-state index contributed by atoms with van der Waals surface area (Å²) in [7, 11) is 0. The highest BCUT2D eigenvalue weighted by atomic mass is 35.5. The van der Waals surface area contributed by atoms with Crippen LogP contribution in [0.5, 0.6) is 0 Å². The third-order valence-electron chi connectivity index (χ3n) is 3.73. The first-order valence-electron chi connectivity index (χ1n) is 8.45. The van der Waals surface area contributed by atoms with Crippen molar-refractivity contribution in [3.8, 4) is 0 Å². The quantitative estimate of drug-likeness (QED) is 0.423. The number of thioether (sulfide) groups is 1. The van der Waals surface area contributed by atoms with Crippen molar-refractivity contribution in [2.75, 3.05) is 17.7 Å². The van der Waals surface area contributed by atoms with E-state index in [-0.39, 0.29) is 24.7 Å². The monoisotopic (exact) mass is 403 g/mol. The zero-order valence-electron chi connectivity index (χ0n) is 14.7. The average Bonchev–Trinajstić information content (AvgIpc) is 3.02. The Bertz CT molecular complexity index is 952. The van der Waals surface area contributed by atoms with Gasteiger partial charge in [-0.15, -0.1) is 11.8 Å². The Hall–Kier alpha value is -2.44. The normalized spacial score (nSPS) is 10.7. The van der Waals surface area contributed by atoms with Gasteiger partial charge in [0.05, 0.1) is 6.61 Å². The molecule has 1 amide bonds. The maximum Gasteiger partial charge on any atom is 0.376 e. The summed E-state index contributed by atoms with van der Waals surface area (Å²) in [5.74, 6) is -0.192. The van der Waals surface area contributed by atoms with Crippen molar-refractivity contribution in [2.45, 2.75) is 18.2 Å². The van der Waals surface area contributed by atoms with Gasteiger partial charge in [0.25, 0.3) is 0 Å². The first-order valence-corrected chi connectivity index (χ1v) is 9.81. The summed E-state index contributed by atoms with van der Waals surface area (Å²) in [4.78, 5) is 25.6. The Morgan fingerprint density at radius 3 is 2.63 bits per heavy atom. The molecule has 0 fully saturated rings. The van der Waals surface area contributed by atoms with Crippen LogP contribution in [0.1, 0.15) is 23.9 Å². The van der Waals surface area contributed by atoms with Crippen LogP contribution >= 0.6 is 23.4 Å². The summed E-state index contributed by atoms with van der Waals surface area (Å²) in [6, 6.07) is 14.6. The lowest BCUT2D eigenvalue weighted by molar-refractivity contribution is -0.115. The standard InChI is InChI=1S/C20H18ClNO4S/c1-2-25-20(24)19-18(15-5-3-4-6-16(15)26-19)22-17(23)11-12-27-14-9-7-13(21)8-10-14/h3-10H,2,11-12H2,1H3,(H,22,23). The molecular formula is C20H18ClNO4S. The van der Waals surface area contributed by atoms with Gasteiger partial charge in [0.15, 0.2) is 0 Å². The molecule has 0 radical (unpaired) electrons. The predicted molar refractivity (Wildman–Crippen MR) is 108 cm³/mol. The van der Waals surface area contributed by atoms with Crippen LogP contribution in [0.25, 0.3) is 11.0 Å². The van der Waals surface area contributed by atoms with Crippen LogP contribution in [-0.4, -0.2) is 24.2 Å². The number of fused-ring (bicyclic) bond motifs is 1. The Morgan fingerprint density at radius 1 is 1.15 bits per heavy atom. The van der Waals surface area contributed by atoms with Crippen molar-refractivity contribution in [1.82, 2.24) is 0 Å². The van der Waals surface area contributed by atoms with Gasteiger partial charge >= 0.3 is 5.97 Å². The zero-order valence-corrected chi connectivity index (χ0v) is 16.2. The fraction of sp³-hybridized carbons (Fsp3) is 0.200. The lowest BCUT2D eigenvalue weighted by atomic mass is 10.2. The number of esters is 1. The summed E-state index contributed by atoms with van der Waals surface area (Å²) >= 11 is 7.42. The number of benzene rings is 2. The van der Waals surface area contributed by atoms with E-state index < -0.39 is 5.97 Å². The van der Waals surface area contributed by atoms with Crippen LogP contribution in [0.15, 0.2) is 57.8 Å². The van der Waals surface area contributed by atoms with Gasteiger partial charge in [-0.2, -0.15) is 0 Å². The molecule has 0 saturated carbocycles. The van der Waals surface area contributed by atoms with E-state index in [0.29, 0.717) is 27.4 Å². The second-order valence-electron chi connectivity index (χ2n) is 5.62. The Balaban J connectivity index is 1.69. The van der Waals surface area contributed by atoms with Crippen LogP contribution in [-0.2, 0) is 9.53 Å². The highest BCUT2D eigenvalue weighted by molar-refractivity contribution is 7.99. The molecule has 7 heteroatoms. The van der Waals surface area contributed by atoms with Crippen molar-refractivity contribution in [2.24, 2.45) is 0 Å². The van der Waals surface area contributed by atoms with E-state index in [1.807, 2.05) is 30.3 Å². The minimum absolute atomic E-state index is 0.0109. The molecule has 1 aromatic heterocycles. The van der Waals surface area contributed by atoms with Crippen LogP contribution in [0.3, 0.4) is 0 Å². The molecule has 5 nitrogen and oxygen atoms in total. The summed E-state index contributed by atoms with van der Waals surface area (Å²) < 4.78 is 10.6. The lowest BCUT2D eigenvalue weighted by Gasteiger charge is -2.06. The van der Waals surface area contributed by atoms with Crippen molar-refractivity contribution < 1.29 is 18.7 Å². The smallest absolute Gasteiger partial charge is 0.376 e. The van der Waals surface area contributed by atoms with Gasteiger partial charge in [-0.3, -0.25) is 4.79 Å². The number of carbonyl (C=O) groups is 2. The fourth-order valence-corrected chi connectivity index (χ4v) is 3.48. The summed E-state index contributed by atoms with van der Waals surface area (Å²) in [6.07, 6.45) is 0.287. The number of furan rings is 1. The summed E-state index contributed by atoms with van der Waals surface area (Å²) in [5.41, 5.74) is 0.872. The third kappa shape index (κ3) is 4.84. The van der Waals surface area contributed by atoms with Gasteiger partial charge in [-0.05, 0) is 43.3 Å². The van der Waals surface area contributed by atoms with E-state index in [9.17, 15) is 9.59 Å². The van der Waals surface area contributed by atoms with E-state index >= 15 is 0 Å². The highest BCUT2D eigenvalue weighted by Crippen LogP contribution is 2.31. The number of carbonyl (C=O) groups excluding carboxylic acids is 2. The summed E-state index contributed by atoms with van der Waals surface area (Å²) in [5, 5.41) is 4.14. The van der Waals surface area contributed by atoms with E-state index in [2.05, 4.69) is 5.32 Å². The maximum absolute atomic E-state index is 12.4. The molecule has 3 rings (SSSR count). The number of hydrogen-bond acceptors (Lipinski definition) is 5. The first kappa shape index (κ1) is 19.3. The molecule has 0 aliphatic heterocycles. The van der Waals surface area contributed by atoms with Crippen molar-refractivity contribution >= 4 is 51.9 Å². The highest BCUT2D eigenvalue weighted by Gasteiger charge is 2.23.